The molecule has 100 valence electrons. The van der Waals surface area contributed by atoms with Gasteiger partial charge < -0.3 is 4.74 Å². The van der Waals surface area contributed by atoms with Gasteiger partial charge in [-0.3, -0.25) is 9.52 Å². The van der Waals surface area contributed by atoms with E-state index in [4.69, 9.17) is 16.3 Å². The number of nitrogens with zero attached hydrogens (tertiary/aromatic N) is 1. The third kappa shape index (κ3) is 4.59. The van der Waals surface area contributed by atoms with Crippen LogP contribution in [0.3, 0.4) is 0 Å². The highest BCUT2D eigenvalue weighted by Gasteiger charge is 2.19. The number of sulfonamides is 1. The van der Waals surface area contributed by atoms with Gasteiger partial charge in [0.25, 0.3) is 5.91 Å². The normalized spacial score (nSPS) is 13.1. The average molecular weight is 293 g/mol. The maximum absolute atomic E-state index is 11.7. The summed E-state index contributed by atoms with van der Waals surface area (Å²) in [6, 6.07) is 3.00. The predicted octanol–water partition coefficient (Wildman–Crippen LogP) is 0.716. The number of ether oxygens (including phenoxy) is 1. The molecule has 6 nitrogen and oxygen atoms in total. The fourth-order valence-electron chi connectivity index (χ4n) is 1.09. The zero-order valence-electron chi connectivity index (χ0n) is 9.88. The highest BCUT2D eigenvalue weighted by molar-refractivity contribution is 7.89. The van der Waals surface area contributed by atoms with Crippen molar-refractivity contribution in [3.63, 3.8) is 0 Å². The molecule has 0 aromatic carbocycles. The van der Waals surface area contributed by atoms with Crippen molar-refractivity contribution in [3.05, 3.63) is 29.0 Å². The lowest BCUT2D eigenvalue weighted by atomic mass is 10.3. The molecule has 1 unspecified atom stereocenters. The van der Waals surface area contributed by atoms with Crippen molar-refractivity contribution in [1.82, 2.24) is 9.71 Å². The number of carbonyl (C=O) groups is 1. The topological polar surface area (TPSA) is 85.4 Å². The summed E-state index contributed by atoms with van der Waals surface area (Å²) in [7, 11) is -2.45. The molecule has 0 radical (unpaired) electrons. The molecule has 0 saturated carbocycles. The summed E-state index contributed by atoms with van der Waals surface area (Å²) in [5.41, 5.74) is 0.435. The number of halogens is 1. The summed E-state index contributed by atoms with van der Waals surface area (Å²) in [4.78, 5) is 15.1. The van der Waals surface area contributed by atoms with E-state index in [1.54, 1.807) is 0 Å². The SMILES string of the molecule is COC(C)C(=O)NS(=O)(=O)Cc1ccc(Cl)nc1. The van der Waals surface area contributed by atoms with Crippen LogP contribution in [0, 0.1) is 0 Å². The fourth-order valence-corrected chi connectivity index (χ4v) is 2.36. The number of nitrogens with one attached hydrogen (secondary N) is 1. The highest BCUT2D eigenvalue weighted by Crippen LogP contribution is 2.08. The summed E-state index contributed by atoms with van der Waals surface area (Å²) in [6.07, 6.45) is 0.509. The van der Waals surface area contributed by atoms with E-state index in [-0.39, 0.29) is 10.9 Å². The molecule has 1 atom stereocenters. The van der Waals surface area contributed by atoms with Gasteiger partial charge in [0.05, 0.1) is 5.75 Å². The number of methoxy groups -OCH3 is 1. The Morgan fingerprint density at radius 3 is 2.72 bits per heavy atom. The Morgan fingerprint density at radius 2 is 2.22 bits per heavy atom. The third-order valence-electron chi connectivity index (χ3n) is 2.12. The maximum Gasteiger partial charge on any atom is 0.262 e. The molecule has 1 heterocycles. The van der Waals surface area contributed by atoms with Crippen LogP contribution in [-0.2, 0) is 25.3 Å². The minimum atomic E-state index is -3.76. The first-order valence-electron chi connectivity index (χ1n) is 5.01. The molecule has 1 aromatic rings. The van der Waals surface area contributed by atoms with E-state index in [9.17, 15) is 13.2 Å². The minimum absolute atomic E-state index is 0.271. The Bertz CT molecular complexity index is 515. The van der Waals surface area contributed by atoms with E-state index >= 15 is 0 Å². The average Bonchev–Trinajstić information content (AvgIpc) is 2.30. The summed E-state index contributed by atoms with van der Waals surface area (Å²) in [6.45, 7) is 1.45. The summed E-state index contributed by atoms with van der Waals surface area (Å²) in [5, 5.41) is 0.271. The van der Waals surface area contributed by atoms with Gasteiger partial charge >= 0.3 is 0 Å². The van der Waals surface area contributed by atoms with E-state index in [0.29, 0.717) is 5.56 Å². The van der Waals surface area contributed by atoms with Gasteiger partial charge in [-0.2, -0.15) is 0 Å². The van der Waals surface area contributed by atoms with Gasteiger partial charge in [0.15, 0.2) is 0 Å². The molecule has 0 aliphatic rings. The van der Waals surface area contributed by atoms with Crippen LogP contribution in [-0.4, -0.2) is 32.5 Å². The number of rotatable bonds is 5. The number of hydrogen-bond acceptors (Lipinski definition) is 5. The van der Waals surface area contributed by atoms with E-state index in [1.165, 1.54) is 32.4 Å². The smallest absolute Gasteiger partial charge is 0.262 e. The van der Waals surface area contributed by atoms with E-state index < -0.39 is 22.0 Å². The molecule has 0 aliphatic heterocycles. The second kappa shape index (κ2) is 6.12. The van der Waals surface area contributed by atoms with Crippen molar-refractivity contribution in [1.29, 1.82) is 0 Å². The molecule has 0 spiro atoms. The van der Waals surface area contributed by atoms with Gasteiger partial charge in [0.1, 0.15) is 11.3 Å². The second-order valence-corrected chi connectivity index (χ2v) is 5.70. The Morgan fingerprint density at radius 1 is 1.56 bits per heavy atom. The van der Waals surface area contributed by atoms with Crippen molar-refractivity contribution in [2.45, 2.75) is 18.8 Å². The lowest BCUT2D eigenvalue weighted by Crippen LogP contribution is -2.38. The molecule has 0 aliphatic carbocycles. The Labute approximate surface area is 110 Å². The van der Waals surface area contributed by atoms with E-state index in [1.807, 2.05) is 4.72 Å². The van der Waals surface area contributed by atoms with E-state index in [2.05, 4.69) is 4.98 Å². The zero-order chi connectivity index (χ0) is 13.8. The van der Waals surface area contributed by atoms with Crippen molar-refractivity contribution < 1.29 is 17.9 Å². The molecule has 0 fully saturated rings. The summed E-state index contributed by atoms with van der Waals surface area (Å²) >= 11 is 5.58. The van der Waals surface area contributed by atoms with Crippen LogP contribution in [0.4, 0.5) is 0 Å². The molecule has 1 amide bonds. The van der Waals surface area contributed by atoms with Gasteiger partial charge in [-0.15, -0.1) is 0 Å². The van der Waals surface area contributed by atoms with Gasteiger partial charge in [0, 0.05) is 13.3 Å². The molecule has 0 bridgehead atoms. The minimum Gasteiger partial charge on any atom is -0.372 e. The lowest BCUT2D eigenvalue weighted by molar-refractivity contribution is -0.128. The van der Waals surface area contributed by atoms with Crippen LogP contribution in [0.25, 0.3) is 0 Å². The maximum atomic E-state index is 11.7. The quantitative estimate of drug-likeness (QED) is 0.808. The van der Waals surface area contributed by atoms with Crippen molar-refractivity contribution in [2.24, 2.45) is 0 Å². The first-order chi connectivity index (χ1) is 8.34. The lowest BCUT2D eigenvalue weighted by Gasteiger charge is -2.10. The van der Waals surface area contributed by atoms with Crippen LogP contribution >= 0.6 is 11.6 Å². The van der Waals surface area contributed by atoms with Crippen LogP contribution in [0.5, 0.6) is 0 Å². The standard InChI is InChI=1S/C10H13ClN2O4S/c1-7(17-2)10(14)13-18(15,16)6-8-3-4-9(11)12-5-8/h3-5,7H,6H2,1-2H3,(H,13,14). The molecule has 18 heavy (non-hydrogen) atoms. The molecular formula is C10H13ClN2O4S. The second-order valence-electron chi connectivity index (χ2n) is 3.59. The molecule has 1 aromatic heterocycles. The molecule has 8 heteroatoms. The molecule has 1 rings (SSSR count). The molecule has 0 saturated heterocycles. The van der Waals surface area contributed by atoms with Crippen molar-refractivity contribution in [3.8, 4) is 0 Å². The van der Waals surface area contributed by atoms with Gasteiger partial charge in [-0.1, -0.05) is 17.7 Å². The van der Waals surface area contributed by atoms with Gasteiger partial charge in [0.2, 0.25) is 10.0 Å². The van der Waals surface area contributed by atoms with Crippen LogP contribution < -0.4 is 4.72 Å². The monoisotopic (exact) mass is 292 g/mol. The Hall–Kier alpha value is -1.18. The number of pyridine rings is 1. The fraction of sp³-hybridized carbons (Fsp3) is 0.400. The first kappa shape index (κ1) is 14.9. The first-order valence-corrected chi connectivity index (χ1v) is 7.04. The number of carbonyl (C=O) groups excluding carboxylic acids is 1. The van der Waals surface area contributed by atoms with Crippen LogP contribution in [0.1, 0.15) is 12.5 Å². The zero-order valence-corrected chi connectivity index (χ0v) is 11.5. The number of hydrogen-bond donors (Lipinski definition) is 1. The number of amides is 1. The Kier molecular flexibility index (Phi) is 5.06. The summed E-state index contributed by atoms with van der Waals surface area (Å²) < 4.78 is 30.0. The van der Waals surface area contributed by atoms with Crippen LogP contribution in [0.15, 0.2) is 18.3 Å². The van der Waals surface area contributed by atoms with Crippen molar-refractivity contribution >= 4 is 27.5 Å². The summed E-state index contributed by atoms with van der Waals surface area (Å²) in [5.74, 6) is -1.06. The molecule has 1 N–H and O–H groups in total. The van der Waals surface area contributed by atoms with Crippen molar-refractivity contribution in [2.75, 3.05) is 7.11 Å². The third-order valence-corrected chi connectivity index (χ3v) is 3.57. The largest absolute Gasteiger partial charge is 0.372 e. The van der Waals surface area contributed by atoms with Gasteiger partial charge in [-0.25, -0.2) is 13.4 Å². The highest BCUT2D eigenvalue weighted by atomic mass is 35.5. The van der Waals surface area contributed by atoms with Gasteiger partial charge in [-0.05, 0) is 18.6 Å². The Balaban J connectivity index is 2.71. The number of aromatic nitrogens is 1. The van der Waals surface area contributed by atoms with Crippen LogP contribution in [0.2, 0.25) is 5.15 Å². The molecular weight excluding hydrogens is 280 g/mol. The van der Waals surface area contributed by atoms with E-state index in [0.717, 1.165) is 0 Å². The predicted molar refractivity (Wildman–Crippen MR) is 66.5 cm³/mol.